The van der Waals surface area contributed by atoms with Crippen LogP contribution in [0.15, 0.2) is 103 Å². The lowest BCUT2D eigenvalue weighted by Crippen LogP contribution is -2.47. The molecule has 274 valence electrons. The number of ether oxygens (including phenoxy) is 3. The topological polar surface area (TPSA) is 109 Å². The van der Waals surface area contributed by atoms with Crippen molar-refractivity contribution in [3.05, 3.63) is 131 Å². The number of carbonyl (C=O) groups excluding carboxylic acids is 2. The van der Waals surface area contributed by atoms with Crippen LogP contribution in [0.5, 0.6) is 0 Å². The first-order chi connectivity index (χ1) is 25.5. The summed E-state index contributed by atoms with van der Waals surface area (Å²) in [5.41, 5.74) is 6.77. The standard InChI is InChI=1S/C43H51N3O6/c1-50-41(48)39(25-31-12-6-5-7-13-31)45-43(49)44-28-33-14-10-15-35(24-33)36-16-11-17-37(26-36)42-51-38(29-46-22-8-3-2-4-9-23-46)27-40(52-42)34-20-18-32(30-47)19-21-34/h5-7,10-21,24,26,38-40,42,47H,2-4,8-9,22-23,25,27-30H2,1H3,(H2,44,45,49)/t38-,39-,40+,42+/m0/s1. The Balaban J connectivity index is 1.14. The third-order valence-electron chi connectivity index (χ3n) is 9.97. The van der Waals surface area contributed by atoms with Gasteiger partial charge in [0.2, 0.25) is 0 Å². The quantitative estimate of drug-likeness (QED) is 0.133. The van der Waals surface area contributed by atoms with E-state index in [2.05, 4.69) is 58.0 Å². The van der Waals surface area contributed by atoms with Gasteiger partial charge in [0.25, 0.3) is 0 Å². The van der Waals surface area contributed by atoms with Crippen LogP contribution in [0.1, 0.15) is 78.7 Å². The minimum atomic E-state index is -0.807. The largest absolute Gasteiger partial charge is 0.467 e. The molecule has 4 aromatic rings. The van der Waals surface area contributed by atoms with Crippen molar-refractivity contribution < 1.29 is 28.9 Å². The van der Waals surface area contributed by atoms with Crippen LogP contribution >= 0.6 is 0 Å². The molecule has 52 heavy (non-hydrogen) atoms. The van der Waals surface area contributed by atoms with Gasteiger partial charge in [-0.05, 0) is 71.4 Å². The van der Waals surface area contributed by atoms with Gasteiger partial charge in [0, 0.05) is 31.5 Å². The van der Waals surface area contributed by atoms with Crippen LogP contribution in [0.3, 0.4) is 0 Å². The molecule has 2 heterocycles. The molecule has 2 fully saturated rings. The summed E-state index contributed by atoms with van der Waals surface area (Å²) < 4.78 is 18.3. The Labute approximate surface area is 307 Å². The minimum Gasteiger partial charge on any atom is -0.467 e. The second-order valence-electron chi connectivity index (χ2n) is 13.8. The lowest BCUT2D eigenvalue weighted by Gasteiger charge is -2.39. The Morgan fingerprint density at radius 2 is 1.48 bits per heavy atom. The number of carbonyl (C=O) groups is 2. The van der Waals surface area contributed by atoms with Crippen molar-refractivity contribution in [3.8, 4) is 11.1 Å². The lowest BCUT2D eigenvalue weighted by molar-refractivity contribution is -0.253. The van der Waals surface area contributed by atoms with Crippen molar-refractivity contribution >= 4 is 12.0 Å². The van der Waals surface area contributed by atoms with E-state index in [4.69, 9.17) is 14.2 Å². The Morgan fingerprint density at radius 3 is 2.21 bits per heavy atom. The second kappa shape index (κ2) is 18.8. The number of benzene rings is 4. The SMILES string of the molecule is COC(=O)[C@H](Cc1ccccc1)NC(=O)NCc1cccc(-c2cccc([C@@H]3O[C@H](CN4CCCCCCC4)C[C@H](c4ccc(CO)cc4)O3)c2)c1. The van der Waals surface area contributed by atoms with Crippen molar-refractivity contribution in [1.82, 2.24) is 15.5 Å². The minimum absolute atomic E-state index is 0.0105. The van der Waals surface area contributed by atoms with E-state index in [1.165, 1.54) is 39.2 Å². The molecule has 4 atom stereocenters. The average molecular weight is 706 g/mol. The van der Waals surface area contributed by atoms with Gasteiger partial charge in [-0.2, -0.15) is 0 Å². The zero-order chi connectivity index (χ0) is 36.1. The van der Waals surface area contributed by atoms with Gasteiger partial charge in [-0.25, -0.2) is 9.59 Å². The van der Waals surface area contributed by atoms with Crippen LogP contribution in [0.25, 0.3) is 11.1 Å². The third kappa shape index (κ3) is 10.5. The highest BCUT2D eigenvalue weighted by molar-refractivity contribution is 5.83. The van der Waals surface area contributed by atoms with E-state index in [1.54, 1.807) is 0 Å². The molecule has 0 aliphatic carbocycles. The number of aliphatic hydroxyl groups excluding tert-OH is 1. The van der Waals surface area contributed by atoms with Crippen LogP contribution < -0.4 is 10.6 Å². The summed E-state index contributed by atoms with van der Waals surface area (Å²) in [5, 5.41) is 15.3. The molecular weight excluding hydrogens is 654 g/mol. The fraction of sp³-hybridized carbons (Fsp3) is 0.395. The molecule has 0 bridgehead atoms. The summed E-state index contributed by atoms with van der Waals surface area (Å²) in [6, 6.07) is 32.6. The van der Waals surface area contributed by atoms with E-state index in [0.717, 1.165) is 65.0 Å². The number of amides is 2. The molecule has 0 radical (unpaired) electrons. The normalized spacial score (nSPS) is 20.2. The van der Waals surface area contributed by atoms with Gasteiger partial charge >= 0.3 is 12.0 Å². The number of esters is 1. The summed E-state index contributed by atoms with van der Waals surface area (Å²) in [5.74, 6) is -0.499. The number of hydrogen-bond donors (Lipinski definition) is 3. The first kappa shape index (κ1) is 37.2. The number of hydrogen-bond acceptors (Lipinski definition) is 7. The molecule has 6 rings (SSSR count). The monoisotopic (exact) mass is 705 g/mol. The van der Waals surface area contributed by atoms with Crippen molar-refractivity contribution in [1.29, 1.82) is 0 Å². The van der Waals surface area contributed by atoms with E-state index >= 15 is 0 Å². The maximum Gasteiger partial charge on any atom is 0.328 e. The predicted octanol–water partition coefficient (Wildman–Crippen LogP) is 7.24. The van der Waals surface area contributed by atoms with Gasteiger partial charge in [-0.1, -0.05) is 110 Å². The van der Waals surface area contributed by atoms with Gasteiger partial charge in [-0.15, -0.1) is 0 Å². The van der Waals surface area contributed by atoms with E-state index in [9.17, 15) is 14.7 Å². The molecule has 9 nitrogen and oxygen atoms in total. The predicted molar refractivity (Wildman–Crippen MR) is 201 cm³/mol. The number of aliphatic hydroxyl groups is 1. The van der Waals surface area contributed by atoms with Gasteiger partial charge < -0.3 is 34.9 Å². The molecule has 2 aliphatic rings. The second-order valence-corrected chi connectivity index (χ2v) is 13.8. The molecule has 2 amide bonds. The van der Waals surface area contributed by atoms with Crippen LogP contribution in [0.4, 0.5) is 4.79 Å². The fourth-order valence-corrected chi connectivity index (χ4v) is 7.12. The maximum absolute atomic E-state index is 12.9. The van der Waals surface area contributed by atoms with E-state index in [-0.39, 0.29) is 25.4 Å². The number of likely N-dealkylation sites (tertiary alicyclic amines) is 1. The zero-order valence-electron chi connectivity index (χ0n) is 30.0. The van der Waals surface area contributed by atoms with Crippen LogP contribution in [0, 0.1) is 0 Å². The van der Waals surface area contributed by atoms with E-state index in [0.29, 0.717) is 6.42 Å². The number of rotatable bonds is 12. The molecule has 9 heteroatoms. The molecule has 4 aromatic carbocycles. The Hall–Kier alpha value is -4.54. The molecule has 2 saturated heterocycles. The summed E-state index contributed by atoms with van der Waals surface area (Å²) in [6.07, 6.45) is 6.78. The Bertz CT molecular complexity index is 1720. The first-order valence-corrected chi connectivity index (χ1v) is 18.6. The molecule has 3 N–H and O–H groups in total. The van der Waals surface area contributed by atoms with Crippen molar-refractivity contribution in [2.24, 2.45) is 0 Å². The highest BCUT2D eigenvalue weighted by atomic mass is 16.7. The Morgan fingerprint density at radius 1 is 0.788 bits per heavy atom. The molecule has 0 unspecified atom stereocenters. The Kier molecular flexibility index (Phi) is 13.5. The highest BCUT2D eigenvalue weighted by Crippen LogP contribution is 2.39. The molecular formula is C43H51N3O6. The van der Waals surface area contributed by atoms with Gasteiger partial charge in [0.1, 0.15) is 6.04 Å². The molecule has 2 aliphatic heterocycles. The summed E-state index contributed by atoms with van der Waals surface area (Å²) in [7, 11) is 1.32. The third-order valence-corrected chi connectivity index (χ3v) is 9.97. The van der Waals surface area contributed by atoms with Crippen LogP contribution in [-0.4, -0.2) is 60.9 Å². The summed E-state index contributed by atoms with van der Waals surface area (Å²) >= 11 is 0. The van der Waals surface area contributed by atoms with Gasteiger partial charge in [-0.3, -0.25) is 0 Å². The van der Waals surface area contributed by atoms with Gasteiger partial charge in [0.15, 0.2) is 6.29 Å². The van der Waals surface area contributed by atoms with E-state index in [1.807, 2.05) is 60.7 Å². The van der Waals surface area contributed by atoms with E-state index < -0.39 is 24.3 Å². The average Bonchev–Trinajstić information content (AvgIpc) is 3.18. The van der Waals surface area contributed by atoms with Gasteiger partial charge in [0.05, 0.1) is 25.9 Å². The van der Waals surface area contributed by atoms with Crippen molar-refractivity contribution in [2.75, 3.05) is 26.7 Å². The lowest BCUT2D eigenvalue weighted by atomic mass is 9.98. The summed E-state index contributed by atoms with van der Waals surface area (Å²) in [4.78, 5) is 27.9. The summed E-state index contributed by atoms with van der Waals surface area (Å²) in [6.45, 7) is 3.37. The first-order valence-electron chi connectivity index (χ1n) is 18.6. The van der Waals surface area contributed by atoms with Crippen molar-refractivity contribution in [2.45, 2.75) is 82.6 Å². The van der Waals surface area contributed by atoms with Crippen LogP contribution in [-0.2, 0) is 38.6 Å². The smallest absolute Gasteiger partial charge is 0.328 e. The number of urea groups is 1. The molecule has 0 saturated carbocycles. The number of methoxy groups -OCH3 is 1. The van der Waals surface area contributed by atoms with Crippen molar-refractivity contribution in [3.63, 3.8) is 0 Å². The number of nitrogens with zero attached hydrogens (tertiary/aromatic N) is 1. The molecule has 0 aromatic heterocycles. The molecule has 0 spiro atoms. The maximum atomic E-state index is 12.9. The number of nitrogens with one attached hydrogen (secondary N) is 2. The van der Waals surface area contributed by atoms with Crippen LogP contribution in [0.2, 0.25) is 0 Å². The highest BCUT2D eigenvalue weighted by Gasteiger charge is 2.33. The fourth-order valence-electron chi connectivity index (χ4n) is 7.12. The zero-order valence-corrected chi connectivity index (χ0v) is 30.0.